The number of aryl methyl sites for hydroxylation is 1. The van der Waals surface area contributed by atoms with Gasteiger partial charge in [0.2, 0.25) is 5.91 Å². The van der Waals surface area contributed by atoms with Crippen molar-refractivity contribution >= 4 is 5.91 Å². The van der Waals surface area contributed by atoms with E-state index in [0.717, 1.165) is 11.3 Å². The number of carbonyl (C=O) groups is 1. The van der Waals surface area contributed by atoms with E-state index < -0.39 is 0 Å². The van der Waals surface area contributed by atoms with E-state index in [9.17, 15) is 4.79 Å². The van der Waals surface area contributed by atoms with Crippen LogP contribution in [0.2, 0.25) is 0 Å². The Kier molecular flexibility index (Phi) is 6.92. The van der Waals surface area contributed by atoms with Crippen molar-refractivity contribution in [2.45, 2.75) is 18.9 Å². The number of rotatable bonds is 8. The highest BCUT2D eigenvalue weighted by Gasteiger charge is 2.10. The molecule has 0 aromatic heterocycles. The number of aliphatic hydroxyl groups is 1. The maximum atomic E-state index is 11.7. The molecular weight excluding hydrogens is 246 g/mol. The number of methoxy groups -OCH3 is 2. The van der Waals surface area contributed by atoms with E-state index in [0.29, 0.717) is 19.4 Å². The largest absolute Gasteiger partial charge is 0.497 e. The third-order valence-corrected chi connectivity index (χ3v) is 2.75. The van der Waals surface area contributed by atoms with Gasteiger partial charge in [-0.25, -0.2) is 0 Å². The van der Waals surface area contributed by atoms with Crippen molar-refractivity contribution in [2.75, 3.05) is 27.4 Å². The van der Waals surface area contributed by atoms with Crippen LogP contribution in [0.15, 0.2) is 24.3 Å². The summed E-state index contributed by atoms with van der Waals surface area (Å²) in [5.41, 5.74) is 1.07. The summed E-state index contributed by atoms with van der Waals surface area (Å²) in [4.78, 5) is 11.7. The number of ether oxygens (including phenoxy) is 2. The maximum absolute atomic E-state index is 11.7. The second-order valence-electron chi connectivity index (χ2n) is 4.25. The van der Waals surface area contributed by atoms with Crippen LogP contribution in [0.25, 0.3) is 0 Å². The van der Waals surface area contributed by atoms with E-state index in [-0.39, 0.29) is 18.6 Å². The van der Waals surface area contributed by atoms with E-state index in [4.69, 9.17) is 14.6 Å². The van der Waals surface area contributed by atoms with E-state index in [2.05, 4.69) is 5.32 Å². The van der Waals surface area contributed by atoms with E-state index in [1.54, 1.807) is 7.11 Å². The summed E-state index contributed by atoms with van der Waals surface area (Å²) < 4.78 is 9.96. The zero-order valence-electron chi connectivity index (χ0n) is 11.4. The minimum Gasteiger partial charge on any atom is -0.497 e. The molecule has 0 saturated carbocycles. The average Bonchev–Trinajstić information content (AvgIpc) is 2.45. The molecule has 1 rings (SSSR count). The second-order valence-corrected chi connectivity index (χ2v) is 4.25. The summed E-state index contributed by atoms with van der Waals surface area (Å²) in [7, 11) is 3.15. The smallest absolute Gasteiger partial charge is 0.220 e. The molecule has 0 radical (unpaired) electrons. The SMILES string of the molecule is COCC(CO)NC(=O)CCc1ccc(OC)cc1. The van der Waals surface area contributed by atoms with Crippen molar-refractivity contribution in [2.24, 2.45) is 0 Å². The molecule has 5 nitrogen and oxygen atoms in total. The van der Waals surface area contributed by atoms with Gasteiger partial charge in [0, 0.05) is 13.5 Å². The first-order chi connectivity index (χ1) is 9.19. The second kappa shape index (κ2) is 8.50. The Morgan fingerprint density at radius 2 is 2.00 bits per heavy atom. The minimum atomic E-state index is -0.339. The molecular formula is C14H21NO4. The molecule has 0 aliphatic rings. The van der Waals surface area contributed by atoms with Gasteiger partial charge in [0.1, 0.15) is 5.75 Å². The van der Waals surface area contributed by atoms with Crippen molar-refractivity contribution in [3.63, 3.8) is 0 Å². The number of benzene rings is 1. The molecule has 1 amide bonds. The molecule has 1 aromatic rings. The molecule has 0 spiro atoms. The summed E-state index contributed by atoms with van der Waals surface area (Å²) in [6.45, 7) is 0.187. The highest BCUT2D eigenvalue weighted by Crippen LogP contribution is 2.12. The number of hydrogen-bond donors (Lipinski definition) is 2. The first-order valence-corrected chi connectivity index (χ1v) is 6.21. The van der Waals surface area contributed by atoms with Gasteiger partial charge >= 0.3 is 0 Å². The van der Waals surface area contributed by atoms with Crippen molar-refractivity contribution in [1.82, 2.24) is 5.32 Å². The number of aliphatic hydroxyl groups excluding tert-OH is 1. The van der Waals surface area contributed by atoms with Crippen molar-refractivity contribution < 1.29 is 19.4 Å². The summed E-state index contributed by atoms with van der Waals surface area (Å²) >= 11 is 0. The lowest BCUT2D eigenvalue weighted by Crippen LogP contribution is -2.40. The lowest BCUT2D eigenvalue weighted by Gasteiger charge is -2.15. The molecule has 0 bridgehead atoms. The number of nitrogens with one attached hydrogen (secondary N) is 1. The van der Waals surface area contributed by atoms with Crippen LogP contribution in [-0.4, -0.2) is 44.5 Å². The first-order valence-electron chi connectivity index (χ1n) is 6.21. The van der Waals surface area contributed by atoms with Crippen LogP contribution in [0.1, 0.15) is 12.0 Å². The topological polar surface area (TPSA) is 67.8 Å². The molecule has 0 heterocycles. The van der Waals surface area contributed by atoms with Crippen LogP contribution >= 0.6 is 0 Å². The van der Waals surface area contributed by atoms with Crippen molar-refractivity contribution in [1.29, 1.82) is 0 Å². The Morgan fingerprint density at radius 1 is 1.32 bits per heavy atom. The van der Waals surface area contributed by atoms with Crippen LogP contribution in [0, 0.1) is 0 Å². The van der Waals surface area contributed by atoms with E-state index in [1.807, 2.05) is 24.3 Å². The molecule has 2 N–H and O–H groups in total. The predicted octanol–water partition coefficient (Wildman–Crippen LogP) is 0.751. The van der Waals surface area contributed by atoms with Crippen LogP contribution in [-0.2, 0) is 16.0 Å². The number of hydrogen-bond acceptors (Lipinski definition) is 4. The van der Waals surface area contributed by atoms with Gasteiger partial charge in [-0.1, -0.05) is 12.1 Å². The fourth-order valence-electron chi connectivity index (χ4n) is 1.69. The van der Waals surface area contributed by atoms with Gasteiger partial charge < -0.3 is 19.9 Å². The summed E-state index contributed by atoms with van der Waals surface area (Å²) in [6, 6.07) is 7.27. The third kappa shape index (κ3) is 5.72. The molecule has 0 aliphatic carbocycles. The van der Waals surface area contributed by atoms with E-state index >= 15 is 0 Å². The number of carbonyl (C=O) groups excluding carboxylic acids is 1. The molecule has 1 unspecified atom stereocenters. The molecule has 0 aliphatic heterocycles. The maximum Gasteiger partial charge on any atom is 0.220 e. The quantitative estimate of drug-likeness (QED) is 0.729. The monoisotopic (exact) mass is 267 g/mol. The standard InChI is InChI=1S/C14H21NO4/c1-18-10-12(9-16)15-14(17)8-5-11-3-6-13(19-2)7-4-11/h3-4,6-7,12,16H,5,8-10H2,1-2H3,(H,15,17). The average molecular weight is 267 g/mol. The van der Waals surface area contributed by atoms with Gasteiger partial charge in [-0.05, 0) is 24.1 Å². The molecule has 1 aromatic carbocycles. The molecule has 19 heavy (non-hydrogen) atoms. The lowest BCUT2D eigenvalue weighted by molar-refractivity contribution is -0.122. The van der Waals surface area contributed by atoms with Gasteiger partial charge in [0.15, 0.2) is 0 Å². The molecule has 5 heteroatoms. The third-order valence-electron chi connectivity index (χ3n) is 2.75. The van der Waals surface area contributed by atoms with Crippen LogP contribution in [0.3, 0.4) is 0 Å². The summed E-state index contributed by atoms with van der Waals surface area (Å²) in [5.74, 6) is 0.709. The van der Waals surface area contributed by atoms with Crippen molar-refractivity contribution in [3.8, 4) is 5.75 Å². The van der Waals surface area contributed by atoms with Gasteiger partial charge in [-0.15, -0.1) is 0 Å². The van der Waals surface area contributed by atoms with Gasteiger partial charge in [0.05, 0.1) is 26.4 Å². The van der Waals surface area contributed by atoms with Crippen molar-refractivity contribution in [3.05, 3.63) is 29.8 Å². The Hall–Kier alpha value is -1.59. The van der Waals surface area contributed by atoms with Gasteiger partial charge in [-0.2, -0.15) is 0 Å². The van der Waals surface area contributed by atoms with Crippen LogP contribution in [0.5, 0.6) is 5.75 Å². The Bertz CT molecular complexity index is 378. The summed E-state index contributed by atoms with van der Waals surface area (Å²) in [5, 5.41) is 11.8. The Labute approximate surface area is 113 Å². The minimum absolute atomic E-state index is 0.0908. The van der Waals surface area contributed by atoms with Gasteiger partial charge in [-0.3, -0.25) is 4.79 Å². The predicted molar refractivity (Wildman–Crippen MR) is 72.2 cm³/mol. The van der Waals surface area contributed by atoms with E-state index in [1.165, 1.54) is 7.11 Å². The Balaban J connectivity index is 2.36. The zero-order chi connectivity index (χ0) is 14.1. The molecule has 0 saturated heterocycles. The lowest BCUT2D eigenvalue weighted by atomic mass is 10.1. The molecule has 106 valence electrons. The fourth-order valence-corrected chi connectivity index (χ4v) is 1.69. The molecule has 0 fully saturated rings. The zero-order valence-corrected chi connectivity index (χ0v) is 11.4. The highest BCUT2D eigenvalue weighted by atomic mass is 16.5. The normalized spacial score (nSPS) is 11.9. The van der Waals surface area contributed by atoms with Crippen LogP contribution in [0.4, 0.5) is 0 Å². The summed E-state index contributed by atoms with van der Waals surface area (Å²) in [6.07, 6.45) is 1.04. The fraction of sp³-hybridized carbons (Fsp3) is 0.500. The highest BCUT2D eigenvalue weighted by molar-refractivity contribution is 5.76. The Morgan fingerprint density at radius 3 is 2.53 bits per heavy atom. The van der Waals surface area contributed by atoms with Crippen LogP contribution < -0.4 is 10.1 Å². The first kappa shape index (κ1) is 15.5. The molecule has 1 atom stereocenters. The van der Waals surface area contributed by atoms with Gasteiger partial charge in [0.25, 0.3) is 0 Å². The number of amides is 1.